The lowest BCUT2D eigenvalue weighted by molar-refractivity contribution is -0.142. The van der Waals surface area contributed by atoms with Gasteiger partial charge in [0.2, 0.25) is 5.91 Å². The minimum atomic E-state index is -0.0748. The topological polar surface area (TPSA) is 76.9 Å². The van der Waals surface area contributed by atoms with Crippen LogP contribution in [0.1, 0.15) is 29.8 Å². The molecule has 2 saturated heterocycles. The number of ether oxygens (including phenoxy) is 2. The lowest BCUT2D eigenvalue weighted by Crippen LogP contribution is -2.51. The molecular weight excluding hydrogens is 324 g/mol. The molecular formula is C17H26N4O4. The van der Waals surface area contributed by atoms with Crippen LogP contribution in [0.25, 0.3) is 0 Å². The van der Waals surface area contributed by atoms with Gasteiger partial charge in [0.1, 0.15) is 12.3 Å². The molecule has 2 aliphatic heterocycles. The Balaban J connectivity index is 1.69. The summed E-state index contributed by atoms with van der Waals surface area (Å²) in [6.07, 6.45) is 5.80. The van der Waals surface area contributed by atoms with Gasteiger partial charge >= 0.3 is 0 Å². The third kappa shape index (κ3) is 4.01. The summed E-state index contributed by atoms with van der Waals surface area (Å²) in [7, 11) is 3.37. The zero-order valence-electron chi connectivity index (χ0n) is 14.9. The van der Waals surface area contributed by atoms with Gasteiger partial charge in [0.25, 0.3) is 5.91 Å². The maximum absolute atomic E-state index is 12.6. The van der Waals surface area contributed by atoms with E-state index < -0.39 is 0 Å². The number of nitrogens with zero attached hydrogens (tertiary/aromatic N) is 4. The number of carbonyl (C=O) groups excluding carboxylic acids is 2. The molecule has 1 atom stereocenters. The molecule has 25 heavy (non-hydrogen) atoms. The molecule has 1 unspecified atom stereocenters. The molecule has 0 spiro atoms. The molecule has 1 aromatic heterocycles. The Morgan fingerprint density at radius 2 is 2.08 bits per heavy atom. The number of aromatic nitrogens is 2. The number of amides is 2. The van der Waals surface area contributed by atoms with Crippen LogP contribution >= 0.6 is 0 Å². The molecule has 2 amide bonds. The second kappa shape index (κ2) is 7.97. The van der Waals surface area contributed by atoms with Crippen LogP contribution in [0.2, 0.25) is 0 Å². The lowest BCUT2D eigenvalue weighted by Gasteiger charge is -2.38. The summed E-state index contributed by atoms with van der Waals surface area (Å²) in [5, 5.41) is 0. The zero-order chi connectivity index (χ0) is 17.8. The van der Waals surface area contributed by atoms with Gasteiger partial charge in [0, 0.05) is 52.7 Å². The van der Waals surface area contributed by atoms with E-state index >= 15 is 0 Å². The van der Waals surface area contributed by atoms with Crippen molar-refractivity contribution in [2.24, 2.45) is 7.05 Å². The SMILES string of the molecule is COCC(=O)N(C1CCOCC1)C1CCN(C(=O)c2cn(C)cn2)C1. The normalized spacial score (nSPS) is 21.5. The fraction of sp³-hybridized carbons (Fsp3) is 0.706. The summed E-state index contributed by atoms with van der Waals surface area (Å²) in [4.78, 5) is 33.1. The molecule has 3 heterocycles. The van der Waals surface area contributed by atoms with Crippen molar-refractivity contribution in [2.45, 2.75) is 31.3 Å². The van der Waals surface area contributed by atoms with Gasteiger partial charge in [-0.2, -0.15) is 0 Å². The quantitative estimate of drug-likeness (QED) is 0.763. The maximum atomic E-state index is 12.6. The maximum Gasteiger partial charge on any atom is 0.274 e. The number of aryl methyl sites for hydroxylation is 1. The van der Waals surface area contributed by atoms with E-state index in [1.807, 2.05) is 11.9 Å². The number of carbonyl (C=O) groups is 2. The molecule has 2 fully saturated rings. The van der Waals surface area contributed by atoms with Gasteiger partial charge in [0.05, 0.1) is 12.4 Å². The highest BCUT2D eigenvalue weighted by Gasteiger charge is 2.37. The Kier molecular flexibility index (Phi) is 5.70. The number of methoxy groups -OCH3 is 1. The Hall–Kier alpha value is -1.93. The van der Waals surface area contributed by atoms with Gasteiger partial charge in [-0.15, -0.1) is 0 Å². The summed E-state index contributed by atoms with van der Waals surface area (Å²) < 4.78 is 12.3. The van der Waals surface area contributed by atoms with Crippen molar-refractivity contribution in [1.82, 2.24) is 19.4 Å². The number of hydrogen-bond acceptors (Lipinski definition) is 5. The van der Waals surface area contributed by atoms with E-state index in [-0.39, 0.29) is 30.5 Å². The predicted molar refractivity (Wildman–Crippen MR) is 90.1 cm³/mol. The third-order valence-electron chi connectivity index (χ3n) is 4.91. The minimum Gasteiger partial charge on any atom is -0.381 e. The van der Waals surface area contributed by atoms with Crippen molar-refractivity contribution in [3.8, 4) is 0 Å². The van der Waals surface area contributed by atoms with Crippen LogP contribution in [0, 0.1) is 0 Å². The van der Waals surface area contributed by atoms with Crippen molar-refractivity contribution in [3.63, 3.8) is 0 Å². The van der Waals surface area contributed by atoms with E-state index in [0.717, 1.165) is 19.3 Å². The highest BCUT2D eigenvalue weighted by atomic mass is 16.5. The van der Waals surface area contributed by atoms with Gasteiger partial charge in [0.15, 0.2) is 0 Å². The number of rotatable bonds is 5. The van der Waals surface area contributed by atoms with Crippen molar-refractivity contribution in [3.05, 3.63) is 18.2 Å². The van der Waals surface area contributed by atoms with Crippen LogP contribution in [0.3, 0.4) is 0 Å². The van der Waals surface area contributed by atoms with Crippen molar-refractivity contribution in [2.75, 3.05) is 40.0 Å². The summed E-state index contributed by atoms with van der Waals surface area (Å²) in [5.74, 6) is -0.0826. The average Bonchev–Trinajstić information content (AvgIpc) is 3.25. The molecule has 0 aliphatic carbocycles. The number of likely N-dealkylation sites (tertiary alicyclic amines) is 1. The molecule has 0 radical (unpaired) electrons. The van der Waals surface area contributed by atoms with E-state index in [1.165, 1.54) is 7.11 Å². The largest absolute Gasteiger partial charge is 0.381 e. The first-order chi connectivity index (χ1) is 12.1. The summed E-state index contributed by atoms with van der Waals surface area (Å²) in [6, 6.07) is 0.185. The fourth-order valence-electron chi connectivity index (χ4n) is 3.71. The first-order valence-corrected chi connectivity index (χ1v) is 8.75. The Bertz CT molecular complexity index is 612. The molecule has 8 nitrogen and oxygen atoms in total. The summed E-state index contributed by atoms with van der Waals surface area (Å²) in [5.41, 5.74) is 0.448. The standard InChI is InChI=1S/C17H26N4O4/c1-19-10-15(18-12-19)17(23)20-6-3-14(9-20)21(16(22)11-24-2)13-4-7-25-8-5-13/h10,12-14H,3-9,11H2,1-2H3. The predicted octanol–water partition coefficient (Wildman–Crippen LogP) is 0.289. The third-order valence-corrected chi connectivity index (χ3v) is 4.91. The number of hydrogen-bond donors (Lipinski definition) is 0. The van der Waals surface area contributed by atoms with Crippen LogP contribution < -0.4 is 0 Å². The monoisotopic (exact) mass is 350 g/mol. The van der Waals surface area contributed by atoms with Crippen molar-refractivity contribution < 1.29 is 19.1 Å². The van der Waals surface area contributed by atoms with Gasteiger partial charge in [-0.25, -0.2) is 4.98 Å². The Morgan fingerprint density at radius 3 is 2.72 bits per heavy atom. The van der Waals surface area contributed by atoms with Gasteiger partial charge in [-0.05, 0) is 19.3 Å². The average molecular weight is 350 g/mol. The molecule has 138 valence electrons. The van der Waals surface area contributed by atoms with Crippen LogP contribution in [0.4, 0.5) is 0 Å². The van der Waals surface area contributed by atoms with Gasteiger partial charge in [-0.3, -0.25) is 9.59 Å². The molecule has 0 bridgehead atoms. The van der Waals surface area contributed by atoms with Crippen molar-refractivity contribution >= 4 is 11.8 Å². The van der Waals surface area contributed by atoms with E-state index in [0.29, 0.717) is 32.0 Å². The van der Waals surface area contributed by atoms with E-state index in [2.05, 4.69) is 4.98 Å². The molecule has 0 aromatic carbocycles. The second-order valence-electron chi connectivity index (χ2n) is 6.70. The van der Waals surface area contributed by atoms with Crippen LogP contribution in [-0.4, -0.2) is 83.3 Å². The molecule has 1 aromatic rings. The summed E-state index contributed by atoms with van der Waals surface area (Å²) in [6.45, 7) is 2.60. The van der Waals surface area contributed by atoms with E-state index in [4.69, 9.17) is 9.47 Å². The molecule has 3 rings (SSSR count). The minimum absolute atomic E-state index is 0.00784. The van der Waals surface area contributed by atoms with Gasteiger partial charge in [-0.1, -0.05) is 0 Å². The first kappa shape index (κ1) is 17.9. The Labute approximate surface area is 147 Å². The number of imidazole rings is 1. The van der Waals surface area contributed by atoms with Crippen LogP contribution in [0.5, 0.6) is 0 Å². The smallest absolute Gasteiger partial charge is 0.274 e. The van der Waals surface area contributed by atoms with E-state index in [1.54, 1.807) is 22.0 Å². The highest BCUT2D eigenvalue weighted by molar-refractivity contribution is 5.92. The molecule has 2 aliphatic rings. The first-order valence-electron chi connectivity index (χ1n) is 8.75. The highest BCUT2D eigenvalue weighted by Crippen LogP contribution is 2.24. The lowest BCUT2D eigenvalue weighted by atomic mass is 10.0. The van der Waals surface area contributed by atoms with Crippen LogP contribution in [0.15, 0.2) is 12.5 Å². The van der Waals surface area contributed by atoms with Crippen LogP contribution in [-0.2, 0) is 21.3 Å². The van der Waals surface area contributed by atoms with Gasteiger partial charge < -0.3 is 23.8 Å². The zero-order valence-corrected chi connectivity index (χ0v) is 14.9. The van der Waals surface area contributed by atoms with E-state index in [9.17, 15) is 9.59 Å². The fourth-order valence-corrected chi connectivity index (χ4v) is 3.71. The van der Waals surface area contributed by atoms with Crippen molar-refractivity contribution in [1.29, 1.82) is 0 Å². The molecule has 8 heteroatoms. The molecule has 0 N–H and O–H groups in total. The second-order valence-corrected chi connectivity index (χ2v) is 6.70. The summed E-state index contributed by atoms with van der Waals surface area (Å²) >= 11 is 0. The Morgan fingerprint density at radius 1 is 1.32 bits per heavy atom. The molecule has 0 saturated carbocycles.